The molecule has 108 valence electrons. The molecule has 1 aromatic rings. The van der Waals surface area contributed by atoms with Crippen LogP contribution in [0.25, 0.3) is 0 Å². The first kappa shape index (κ1) is 14.7. The maximum Gasteiger partial charge on any atom is 0.338 e. The second kappa shape index (κ2) is 5.01. The summed E-state index contributed by atoms with van der Waals surface area (Å²) in [6, 6.07) is 1.54. The molecule has 0 atom stereocenters. The minimum atomic E-state index is -1.11. The van der Waals surface area contributed by atoms with Crippen molar-refractivity contribution in [3.05, 3.63) is 16.5 Å². The van der Waals surface area contributed by atoms with Gasteiger partial charge in [0, 0.05) is 17.7 Å². The third-order valence-electron chi connectivity index (χ3n) is 3.30. The Morgan fingerprint density at radius 3 is 2.35 bits per heavy atom. The van der Waals surface area contributed by atoms with Crippen LogP contribution in [0, 0.1) is 5.41 Å². The number of aryl methyl sites for hydroxylation is 1. The smallest absolute Gasteiger partial charge is 0.338 e. The van der Waals surface area contributed by atoms with E-state index in [2.05, 4.69) is 0 Å². The molecule has 6 heteroatoms. The van der Waals surface area contributed by atoms with E-state index in [4.69, 9.17) is 0 Å². The Labute approximate surface area is 121 Å². The second-order valence-corrected chi connectivity index (χ2v) is 6.85. The van der Waals surface area contributed by atoms with E-state index in [0.29, 0.717) is 6.42 Å². The molecule has 0 aromatic carbocycles. The van der Waals surface area contributed by atoms with E-state index in [9.17, 15) is 19.5 Å². The molecule has 1 N–H and O–H groups in total. The number of amides is 2. The Morgan fingerprint density at radius 1 is 1.35 bits per heavy atom. The van der Waals surface area contributed by atoms with E-state index >= 15 is 0 Å². The molecule has 0 saturated carbocycles. The number of carboxylic acids is 1. The lowest BCUT2D eigenvalue weighted by Gasteiger charge is -2.34. The van der Waals surface area contributed by atoms with Gasteiger partial charge in [-0.1, -0.05) is 20.8 Å². The monoisotopic (exact) mass is 295 g/mol. The molecular formula is C14H17NO4S. The number of aromatic carboxylic acids is 1. The summed E-state index contributed by atoms with van der Waals surface area (Å²) >= 11 is 1.21. The highest BCUT2D eigenvalue weighted by Crippen LogP contribution is 2.39. The molecule has 0 spiro atoms. The molecular weight excluding hydrogens is 278 g/mol. The topological polar surface area (TPSA) is 74.7 Å². The van der Waals surface area contributed by atoms with Crippen LogP contribution in [0.1, 0.15) is 48.8 Å². The first-order valence-electron chi connectivity index (χ1n) is 6.47. The van der Waals surface area contributed by atoms with Gasteiger partial charge in [-0.15, -0.1) is 11.3 Å². The maximum atomic E-state index is 12.2. The fourth-order valence-electron chi connectivity index (χ4n) is 2.33. The largest absolute Gasteiger partial charge is 0.478 e. The summed E-state index contributed by atoms with van der Waals surface area (Å²) in [5, 5.41) is 9.49. The van der Waals surface area contributed by atoms with E-state index in [0.717, 1.165) is 9.78 Å². The molecule has 1 aliphatic rings. The van der Waals surface area contributed by atoms with Crippen LogP contribution >= 0.6 is 11.3 Å². The Kier molecular flexibility index (Phi) is 3.69. The Balaban J connectivity index is 2.45. The molecule has 0 radical (unpaired) electrons. The highest BCUT2D eigenvalue weighted by Gasteiger charge is 2.40. The number of thiophene rings is 1. The predicted molar refractivity (Wildman–Crippen MR) is 76.2 cm³/mol. The standard InChI is InChI=1S/C14H17NO4S/c1-4-8-5-9(13(18)19)12(20-8)15-10(16)6-14(2,3)7-11(15)17/h5H,4,6-7H2,1-3H3,(H,18,19). The van der Waals surface area contributed by atoms with Gasteiger partial charge < -0.3 is 5.11 Å². The fourth-order valence-corrected chi connectivity index (χ4v) is 3.45. The van der Waals surface area contributed by atoms with Crippen molar-refractivity contribution in [2.75, 3.05) is 4.90 Å². The van der Waals surface area contributed by atoms with Gasteiger partial charge >= 0.3 is 5.97 Å². The number of imide groups is 1. The number of anilines is 1. The van der Waals surface area contributed by atoms with Gasteiger partial charge in [-0.25, -0.2) is 9.69 Å². The minimum absolute atomic E-state index is 0.0354. The molecule has 1 fully saturated rings. The van der Waals surface area contributed by atoms with Gasteiger partial charge in [0.25, 0.3) is 0 Å². The van der Waals surface area contributed by atoms with Gasteiger partial charge in [0.1, 0.15) is 5.00 Å². The quantitative estimate of drug-likeness (QED) is 0.870. The first-order valence-corrected chi connectivity index (χ1v) is 7.28. The van der Waals surface area contributed by atoms with Crippen molar-refractivity contribution in [3.63, 3.8) is 0 Å². The van der Waals surface area contributed by atoms with Gasteiger partial charge in [-0.05, 0) is 17.9 Å². The molecule has 20 heavy (non-hydrogen) atoms. The van der Waals surface area contributed by atoms with Crippen LogP contribution in [0.15, 0.2) is 6.07 Å². The van der Waals surface area contributed by atoms with Gasteiger partial charge in [0.15, 0.2) is 0 Å². The van der Waals surface area contributed by atoms with E-state index in [1.807, 2.05) is 20.8 Å². The molecule has 0 aliphatic carbocycles. The van der Waals surface area contributed by atoms with E-state index in [1.165, 1.54) is 11.3 Å². The SMILES string of the molecule is CCc1cc(C(=O)O)c(N2C(=O)CC(C)(C)CC2=O)s1. The minimum Gasteiger partial charge on any atom is -0.478 e. The fraction of sp³-hybridized carbons (Fsp3) is 0.500. The van der Waals surface area contributed by atoms with E-state index in [-0.39, 0.29) is 40.6 Å². The number of nitrogens with zero attached hydrogens (tertiary/aromatic N) is 1. The number of hydrogen-bond acceptors (Lipinski definition) is 4. The summed E-state index contributed by atoms with van der Waals surface area (Å²) in [5.74, 6) is -1.75. The Morgan fingerprint density at radius 2 is 1.90 bits per heavy atom. The van der Waals surface area contributed by atoms with Crippen molar-refractivity contribution >= 4 is 34.1 Å². The van der Waals surface area contributed by atoms with Crippen LogP contribution in [0.2, 0.25) is 0 Å². The number of piperidine rings is 1. The molecule has 2 amide bonds. The zero-order chi connectivity index (χ0) is 15.1. The van der Waals surface area contributed by atoms with Crippen molar-refractivity contribution in [2.45, 2.75) is 40.0 Å². The van der Waals surface area contributed by atoms with Gasteiger partial charge in [0.2, 0.25) is 11.8 Å². The molecule has 1 aliphatic heterocycles. The Hall–Kier alpha value is -1.69. The molecule has 5 nitrogen and oxygen atoms in total. The van der Waals surface area contributed by atoms with Crippen molar-refractivity contribution < 1.29 is 19.5 Å². The number of carbonyl (C=O) groups excluding carboxylic acids is 2. The zero-order valence-corrected chi connectivity index (χ0v) is 12.5. The van der Waals surface area contributed by atoms with Gasteiger partial charge in [-0.3, -0.25) is 9.59 Å². The lowest BCUT2D eigenvalue weighted by atomic mass is 9.82. The van der Waals surface area contributed by atoms with Crippen molar-refractivity contribution in [1.29, 1.82) is 0 Å². The third-order valence-corrected chi connectivity index (χ3v) is 4.57. The summed E-state index contributed by atoms with van der Waals surface area (Å²) in [7, 11) is 0. The molecule has 1 saturated heterocycles. The van der Waals surface area contributed by atoms with E-state index < -0.39 is 5.97 Å². The summed E-state index contributed by atoms with van der Waals surface area (Å²) in [4.78, 5) is 37.6. The van der Waals surface area contributed by atoms with Crippen LogP contribution in [0.3, 0.4) is 0 Å². The normalized spacial score (nSPS) is 18.4. The number of hydrogen-bond donors (Lipinski definition) is 1. The number of carboxylic acid groups (broad SMARTS) is 1. The van der Waals surface area contributed by atoms with Crippen LogP contribution in [-0.4, -0.2) is 22.9 Å². The third kappa shape index (κ3) is 2.60. The van der Waals surface area contributed by atoms with Crippen LogP contribution in [0.5, 0.6) is 0 Å². The lowest BCUT2D eigenvalue weighted by Crippen LogP contribution is -2.46. The Bertz CT molecular complexity index is 568. The van der Waals surface area contributed by atoms with Crippen LogP contribution < -0.4 is 4.90 Å². The molecule has 1 aromatic heterocycles. The summed E-state index contributed by atoms with van der Waals surface area (Å²) in [6.07, 6.45) is 1.17. The summed E-state index contributed by atoms with van der Waals surface area (Å²) in [5.41, 5.74) is -0.327. The average Bonchev–Trinajstić information content (AvgIpc) is 2.70. The number of rotatable bonds is 3. The molecule has 2 rings (SSSR count). The van der Waals surface area contributed by atoms with Crippen molar-refractivity contribution in [1.82, 2.24) is 0 Å². The predicted octanol–water partition coefficient (Wildman–Crippen LogP) is 2.69. The highest BCUT2D eigenvalue weighted by atomic mass is 32.1. The first-order chi connectivity index (χ1) is 9.25. The maximum absolute atomic E-state index is 12.2. The lowest BCUT2D eigenvalue weighted by molar-refractivity contribution is -0.132. The van der Waals surface area contributed by atoms with Crippen LogP contribution in [-0.2, 0) is 16.0 Å². The van der Waals surface area contributed by atoms with Gasteiger partial charge in [0.05, 0.1) is 5.56 Å². The second-order valence-electron chi connectivity index (χ2n) is 5.73. The number of carbonyl (C=O) groups is 3. The zero-order valence-electron chi connectivity index (χ0n) is 11.7. The molecule has 2 heterocycles. The molecule has 0 unspecified atom stereocenters. The summed E-state index contributed by atoms with van der Waals surface area (Å²) < 4.78 is 0. The van der Waals surface area contributed by atoms with Crippen molar-refractivity contribution in [3.8, 4) is 0 Å². The highest BCUT2D eigenvalue weighted by molar-refractivity contribution is 7.17. The average molecular weight is 295 g/mol. The van der Waals surface area contributed by atoms with Gasteiger partial charge in [-0.2, -0.15) is 0 Å². The molecule has 0 bridgehead atoms. The van der Waals surface area contributed by atoms with Crippen molar-refractivity contribution in [2.24, 2.45) is 5.41 Å². The van der Waals surface area contributed by atoms with Crippen LogP contribution in [0.4, 0.5) is 5.00 Å². The van der Waals surface area contributed by atoms with E-state index in [1.54, 1.807) is 6.07 Å². The summed E-state index contributed by atoms with van der Waals surface area (Å²) in [6.45, 7) is 5.64.